The van der Waals surface area contributed by atoms with Crippen LogP contribution in [0.5, 0.6) is 0 Å². The molecule has 5 nitrogen and oxygen atoms in total. The summed E-state index contributed by atoms with van der Waals surface area (Å²) in [5, 5.41) is 13.3. The topological polar surface area (TPSA) is 72.2 Å². The lowest BCUT2D eigenvalue weighted by Gasteiger charge is -2.06. The van der Waals surface area contributed by atoms with Gasteiger partial charge in [0, 0.05) is 22.7 Å². The van der Waals surface area contributed by atoms with E-state index in [1.807, 2.05) is 30.5 Å². The number of thioether (sulfide) groups is 1. The summed E-state index contributed by atoms with van der Waals surface area (Å²) < 4.78 is 0. The van der Waals surface area contributed by atoms with Crippen LogP contribution in [0.1, 0.15) is 5.56 Å². The largest absolute Gasteiger partial charge is 0.326 e. The molecule has 0 radical (unpaired) electrons. The van der Waals surface area contributed by atoms with E-state index in [1.54, 1.807) is 23.9 Å². The molecule has 0 saturated carbocycles. The summed E-state index contributed by atoms with van der Waals surface area (Å²) in [6, 6.07) is 13.5. The van der Waals surface area contributed by atoms with Gasteiger partial charge in [0.1, 0.15) is 0 Å². The third-order valence-electron chi connectivity index (χ3n) is 2.89. The van der Waals surface area contributed by atoms with Crippen molar-refractivity contribution in [1.82, 2.24) is 0 Å². The Morgan fingerprint density at radius 3 is 2.29 bits per heavy atom. The Hall–Kier alpha value is -2.34. The zero-order chi connectivity index (χ0) is 15.2. The Bertz CT molecular complexity index is 639. The maximum absolute atomic E-state index is 11.9. The van der Waals surface area contributed by atoms with E-state index in [4.69, 9.17) is 0 Å². The molecule has 21 heavy (non-hydrogen) atoms. The number of nitro benzene ring substituents is 1. The summed E-state index contributed by atoms with van der Waals surface area (Å²) in [7, 11) is 0. The highest BCUT2D eigenvalue weighted by atomic mass is 32.2. The van der Waals surface area contributed by atoms with Gasteiger partial charge in [-0.3, -0.25) is 14.9 Å². The number of hydrogen-bond donors (Lipinski definition) is 1. The van der Waals surface area contributed by atoms with Gasteiger partial charge in [0.2, 0.25) is 5.91 Å². The molecule has 0 aliphatic heterocycles. The molecule has 0 bridgehead atoms. The third kappa shape index (κ3) is 4.32. The van der Waals surface area contributed by atoms with Crippen LogP contribution in [0, 0.1) is 10.1 Å². The molecule has 0 spiro atoms. The fraction of sp³-hybridized carbons (Fsp3) is 0.133. The zero-order valence-electron chi connectivity index (χ0n) is 11.4. The van der Waals surface area contributed by atoms with Crippen LogP contribution in [-0.2, 0) is 11.2 Å². The smallest absolute Gasteiger partial charge is 0.269 e. The molecule has 0 aromatic heterocycles. The van der Waals surface area contributed by atoms with E-state index in [-0.39, 0.29) is 18.0 Å². The van der Waals surface area contributed by atoms with E-state index in [0.717, 1.165) is 16.1 Å². The van der Waals surface area contributed by atoms with Gasteiger partial charge >= 0.3 is 0 Å². The first-order valence-electron chi connectivity index (χ1n) is 6.26. The number of nitrogens with one attached hydrogen (secondary N) is 1. The van der Waals surface area contributed by atoms with Crippen molar-refractivity contribution < 1.29 is 9.72 Å². The van der Waals surface area contributed by atoms with E-state index >= 15 is 0 Å². The molecule has 0 unspecified atom stereocenters. The van der Waals surface area contributed by atoms with E-state index in [1.165, 1.54) is 12.1 Å². The maximum atomic E-state index is 11.9. The van der Waals surface area contributed by atoms with Gasteiger partial charge in [0.15, 0.2) is 0 Å². The minimum Gasteiger partial charge on any atom is -0.326 e. The molecule has 6 heteroatoms. The van der Waals surface area contributed by atoms with Crippen LogP contribution >= 0.6 is 11.8 Å². The minimum atomic E-state index is -0.461. The van der Waals surface area contributed by atoms with Crippen LogP contribution in [0.2, 0.25) is 0 Å². The van der Waals surface area contributed by atoms with Crippen molar-refractivity contribution in [2.24, 2.45) is 0 Å². The van der Waals surface area contributed by atoms with Crippen molar-refractivity contribution in [2.75, 3.05) is 11.6 Å². The average molecular weight is 302 g/mol. The summed E-state index contributed by atoms with van der Waals surface area (Å²) in [4.78, 5) is 23.1. The highest BCUT2D eigenvalue weighted by molar-refractivity contribution is 7.98. The molecule has 0 heterocycles. The van der Waals surface area contributed by atoms with Gasteiger partial charge in [-0.2, -0.15) is 0 Å². The van der Waals surface area contributed by atoms with Gasteiger partial charge in [-0.15, -0.1) is 11.8 Å². The van der Waals surface area contributed by atoms with E-state index in [9.17, 15) is 14.9 Å². The molecular weight excluding hydrogens is 288 g/mol. The zero-order valence-corrected chi connectivity index (χ0v) is 12.2. The van der Waals surface area contributed by atoms with Gasteiger partial charge < -0.3 is 5.32 Å². The van der Waals surface area contributed by atoms with Crippen LogP contribution < -0.4 is 5.32 Å². The molecule has 0 atom stereocenters. The summed E-state index contributed by atoms with van der Waals surface area (Å²) >= 11 is 1.63. The number of benzene rings is 2. The lowest BCUT2D eigenvalue weighted by Crippen LogP contribution is -2.14. The highest BCUT2D eigenvalue weighted by Crippen LogP contribution is 2.18. The van der Waals surface area contributed by atoms with Gasteiger partial charge in [-0.25, -0.2) is 0 Å². The van der Waals surface area contributed by atoms with Crippen LogP contribution in [0.15, 0.2) is 53.4 Å². The second-order valence-electron chi connectivity index (χ2n) is 4.38. The van der Waals surface area contributed by atoms with Crippen molar-refractivity contribution in [3.05, 3.63) is 64.2 Å². The van der Waals surface area contributed by atoms with E-state index in [0.29, 0.717) is 0 Å². The standard InChI is InChI=1S/C15H14N2O3S/c1-21-14-8-4-12(5-9-14)16-15(18)10-11-2-6-13(7-3-11)17(19)20/h2-9H,10H2,1H3,(H,16,18). The van der Waals surface area contributed by atoms with Crippen LogP contribution in [0.25, 0.3) is 0 Å². The Morgan fingerprint density at radius 2 is 1.76 bits per heavy atom. The Kier molecular flexibility index (Phi) is 4.94. The molecule has 108 valence electrons. The molecule has 0 saturated heterocycles. The van der Waals surface area contributed by atoms with E-state index in [2.05, 4.69) is 5.32 Å². The second-order valence-corrected chi connectivity index (χ2v) is 5.26. The first-order chi connectivity index (χ1) is 10.1. The predicted octanol–water partition coefficient (Wildman–Crippen LogP) is 3.50. The van der Waals surface area contributed by atoms with Gasteiger partial charge in [-0.05, 0) is 36.1 Å². The van der Waals surface area contributed by atoms with Crippen molar-refractivity contribution in [1.29, 1.82) is 0 Å². The van der Waals surface area contributed by atoms with Crippen LogP contribution in [0.4, 0.5) is 11.4 Å². The summed E-state index contributed by atoms with van der Waals surface area (Å²) in [6.07, 6.45) is 2.17. The van der Waals surface area contributed by atoms with Crippen molar-refractivity contribution in [3.8, 4) is 0 Å². The summed E-state index contributed by atoms with van der Waals surface area (Å²) in [6.45, 7) is 0. The molecular formula is C15H14N2O3S. The highest BCUT2D eigenvalue weighted by Gasteiger charge is 2.07. The summed E-state index contributed by atoms with van der Waals surface area (Å²) in [5.74, 6) is -0.152. The third-order valence-corrected chi connectivity index (χ3v) is 3.63. The van der Waals surface area contributed by atoms with E-state index < -0.39 is 4.92 Å². The monoisotopic (exact) mass is 302 g/mol. The van der Waals surface area contributed by atoms with Crippen LogP contribution in [-0.4, -0.2) is 17.1 Å². The number of nitrogens with zero attached hydrogens (tertiary/aromatic N) is 1. The number of amides is 1. The lowest BCUT2D eigenvalue weighted by molar-refractivity contribution is -0.384. The van der Waals surface area contributed by atoms with Crippen molar-refractivity contribution in [3.63, 3.8) is 0 Å². The molecule has 2 aromatic carbocycles. The molecule has 2 aromatic rings. The number of hydrogen-bond acceptors (Lipinski definition) is 4. The number of carbonyl (C=O) groups is 1. The van der Waals surface area contributed by atoms with Crippen LogP contribution in [0.3, 0.4) is 0 Å². The summed E-state index contributed by atoms with van der Waals surface area (Å²) in [5.41, 5.74) is 1.49. The lowest BCUT2D eigenvalue weighted by atomic mass is 10.1. The fourth-order valence-electron chi connectivity index (χ4n) is 1.80. The average Bonchev–Trinajstić information content (AvgIpc) is 2.48. The Balaban J connectivity index is 1.95. The molecule has 0 aliphatic carbocycles. The normalized spacial score (nSPS) is 10.1. The Labute approximate surface area is 126 Å². The first kappa shape index (κ1) is 15.1. The van der Waals surface area contributed by atoms with Gasteiger partial charge in [0.05, 0.1) is 11.3 Å². The minimum absolute atomic E-state index is 0.0202. The predicted molar refractivity (Wildman–Crippen MR) is 83.7 cm³/mol. The first-order valence-corrected chi connectivity index (χ1v) is 7.48. The maximum Gasteiger partial charge on any atom is 0.269 e. The Morgan fingerprint density at radius 1 is 1.14 bits per heavy atom. The van der Waals surface area contributed by atoms with Crippen molar-refractivity contribution >= 4 is 29.0 Å². The molecule has 1 N–H and O–H groups in total. The molecule has 2 rings (SSSR count). The van der Waals surface area contributed by atoms with Gasteiger partial charge in [0.25, 0.3) is 5.69 Å². The number of non-ortho nitro benzene ring substituents is 1. The molecule has 0 fully saturated rings. The number of nitro groups is 1. The van der Waals surface area contributed by atoms with Crippen molar-refractivity contribution in [2.45, 2.75) is 11.3 Å². The van der Waals surface area contributed by atoms with Gasteiger partial charge in [-0.1, -0.05) is 12.1 Å². The number of rotatable bonds is 5. The number of carbonyl (C=O) groups excluding carboxylic acids is 1. The molecule has 0 aliphatic rings. The number of anilines is 1. The SMILES string of the molecule is CSc1ccc(NC(=O)Cc2ccc([N+](=O)[O-])cc2)cc1. The second kappa shape index (κ2) is 6.90. The fourth-order valence-corrected chi connectivity index (χ4v) is 2.21. The molecule has 1 amide bonds. The quantitative estimate of drug-likeness (QED) is 0.521.